The summed E-state index contributed by atoms with van der Waals surface area (Å²) in [6.07, 6.45) is -1.15. The quantitative estimate of drug-likeness (QED) is 0.313. The normalized spacial score (nSPS) is 12.4. The highest BCUT2D eigenvalue weighted by molar-refractivity contribution is 6.33. The van der Waals surface area contributed by atoms with Crippen LogP contribution in [0.2, 0.25) is 0 Å². The Bertz CT molecular complexity index is 819. The van der Waals surface area contributed by atoms with Crippen LogP contribution in [0.3, 0.4) is 0 Å². The van der Waals surface area contributed by atoms with Crippen molar-refractivity contribution in [3.8, 4) is 0 Å². The van der Waals surface area contributed by atoms with E-state index < -0.39 is 36.1 Å². The molecule has 0 aliphatic rings. The molecule has 170 valence electrons. The molecule has 8 nitrogen and oxygen atoms in total. The van der Waals surface area contributed by atoms with Gasteiger partial charge in [0.15, 0.2) is 12.2 Å². The smallest absolute Gasteiger partial charge is 0.382 e. The van der Waals surface area contributed by atoms with Crippen molar-refractivity contribution in [3.63, 3.8) is 0 Å². The molecule has 0 amide bonds. The number of hydrogen-bond acceptors (Lipinski definition) is 8. The van der Waals surface area contributed by atoms with Crippen LogP contribution in [0.25, 0.3) is 0 Å². The summed E-state index contributed by atoms with van der Waals surface area (Å²) in [7, 11) is 0. The van der Waals surface area contributed by atoms with E-state index in [4.69, 9.17) is 9.47 Å². The number of esters is 4. The van der Waals surface area contributed by atoms with Crippen LogP contribution in [0.1, 0.15) is 50.0 Å². The summed E-state index contributed by atoms with van der Waals surface area (Å²) in [6.45, 7) is 4.18. The van der Waals surface area contributed by atoms with Crippen molar-refractivity contribution in [1.29, 1.82) is 0 Å². The van der Waals surface area contributed by atoms with Gasteiger partial charge in [-0.3, -0.25) is 0 Å². The zero-order valence-corrected chi connectivity index (χ0v) is 18.0. The molecule has 32 heavy (non-hydrogen) atoms. The Hall–Kier alpha value is -3.36. The fourth-order valence-electron chi connectivity index (χ4n) is 2.70. The average Bonchev–Trinajstić information content (AvgIpc) is 2.81. The molecule has 2 aromatic rings. The van der Waals surface area contributed by atoms with E-state index in [1.165, 1.54) is 0 Å². The van der Waals surface area contributed by atoms with Crippen molar-refractivity contribution in [2.24, 2.45) is 0 Å². The van der Waals surface area contributed by atoms with Crippen LogP contribution in [0, 0.1) is 0 Å². The molecule has 0 saturated carbocycles. The lowest BCUT2D eigenvalue weighted by Gasteiger charge is -2.17. The lowest BCUT2D eigenvalue weighted by atomic mass is 10.1. The lowest BCUT2D eigenvalue weighted by Crippen LogP contribution is -2.31. The molecule has 0 saturated heterocycles. The molecule has 2 rings (SSSR count). The Balaban J connectivity index is 2.04. The third kappa shape index (κ3) is 7.40. The molecule has 2 unspecified atom stereocenters. The van der Waals surface area contributed by atoms with Gasteiger partial charge in [-0.25, -0.2) is 19.2 Å². The molecular weight excluding hydrogens is 416 g/mol. The van der Waals surface area contributed by atoms with E-state index >= 15 is 0 Å². The highest BCUT2D eigenvalue weighted by Gasteiger charge is 2.32. The van der Waals surface area contributed by atoms with E-state index in [0.29, 0.717) is 24.0 Å². The minimum Gasteiger partial charge on any atom is -0.382 e. The van der Waals surface area contributed by atoms with E-state index in [9.17, 15) is 19.2 Å². The van der Waals surface area contributed by atoms with Crippen LogP contribution in [-0.2, 0) is 38.1 Å². The third-order valence-electron chi connectivity index (χ3n) is 4.16. The van der Waals surface area contributed by atoms with Gasteiger partial charge in [-0.1, -0.05) is 74.5 Å². The average molecular weight is 442 g/mol. The summed E-state index contributed by atoms with van der Waals surface area (Å²) in [6, 6.07) is 16.8. The minimum absolute atomic E-state index is 0.235. The van der Waals surface area contributed by atoms with Gasteiger partial charge in [-0.05, 0) is 24.0 Å². The summed E-state index contributed by atoms with van der Waals surface area (Å²) >= 11 is 0. The van der Waals surface area contributed by atoms with Gasteiger partial charge in [-0.15, -0.1) is 0 Å². The molecule has 0 fully saturated rings. The second-order valence-electron chi connectivity index (χ2n) is 6.74. The molecule has 8 heteroatoms. The largest absolute Gasteiger partial charge is 0.425 e. The van der Waals surface area contributed by atoms with E-state index in [1.807, 2.05) is 13.8 Å². The van der Waals surface area contributed by atoms with E-state index in [-0.39, 0.29) is 13.2 Å². The molecule has 0 spiro atoms. The second-order valence-corrected chi connectivity index (χ2v) is 6.74. The summed E-state index contributed by atoms with van der Waals surface area (Å²) in [4.78, 5) is 49.1. The van der Waals surface area contributed by atoms with E-state index in [0.717, 1.165) is 0 Å². The number of carbonyl (C=O) groups excluding carboxylic acids is 4. The van der Waals surface area contributed by atoms with Crippen LogP contribution in [0.15, 0.2) is 60.7 Å². The summed E-state index contributed by atoms with van der Waals surface area (Å²) in [5.74, 6) is -5.40. The highest BCUT2D eigenvalue weighted by atomic mass is 16.7. The van der Waals surface area contributed by atoms with Crippen LogP contribution in [-0.4, -0.2) is 37.1 Å². The van der Waals surface area contributed by atoms with Crippen LogP contribution in [0.4, 0.5) is 0 Å². The molecule has 0 heterocycles. The predicted octanol–water partition coefficient (Wildman–Crippen LogP) is 3.46. The maximum Gasteiger partial charge on any atom is 0.425 e. The molecule has 0 aliphatic carbocycles. The summed E-state index contributed by atoms with van der Waals surface area (Å²) in [5, 5.41) is 0. The first-order valence-corrected chi connectivity index (χ1v) is 10.3. The van der Waals surface area contributed by atoms with Crippen molar-refractivity contribution in [2.75, 3.05) is 13.2 Å². The number of rotatable bonds is 10. The predicted molar refractivity (Wildman–Crippen MR) is 113 cm³/mol. The van der Waals surface area contributed by atoms with Gasteiger partial charge in [0.05, 0.1) is 0 Å². The van der Waals surface area contributed by atoms with Crippen molar-refractivity contribution in [2.45, 2.75) is 38.9 Å². The molecule has 0 bridgehead atoms. The first-order chi connectivity index (χ1) is 15.5. The van der Waals surface area contributed by atoms with Crippen molar-refractivity contribution in [1.82, 2.24) is 0 Å². The molecule has 0 aromatic heterocycles. The standard InChI is InChI=1S/C24H26O8/c1-3-15-29-19(17-11-7-5-8-12-17)21(25)31-23(27)24(28)32-22(26)20(30-16-4-2)18-13-9-6-10-14-18/h5-14,19-20H,3-4,15-16H2,1-2H3. The van der Waals surface area contributed by atoms with Crippen LogP contribution < -0.4 is 0 Å². The molecule has 0 radical (unpaired) electrons. The third-order valence-corrected chi connectivity index (χ3v) is 4.16. The van der Waals surface area contributed by atoms with E-state index in [1.54, 1.807) is 60.7 Å². The van der Waals surface area contributed by atoms with Gasteiger partial charge in [0, 0.05) is 13.2 Å². The zero-order chi connectivity index (χ0) is 23.3. The van der Waals surface area contributed by atoms with Gasteiger partial charge < -0.3 is 18.9 Å². The van der Waals surface area contributed by atoms with Crippen molar-refractivity contribution >= 4 is 23.9 Å². The minimum atomic E-state index is -1.62. The zero-order valence-electron chi connectivity index (χ0n) is 18.0. The Morgan fingerprint density at radius 2 is 0.969 bits per heavy atom. The van der Waals surface area contributed by atoms with Crippen LogP contribution >= 0.6 is 0 Å². The van der Waals surface area contributed by atoms with Gasteiger partial charge in [0.25, 0.3) is 0 Å². The van der Waals surface area contributed by atoms with Gasteiger partial charge in [0.1, 0.15) is 0 Å². The maximum atomic E-state index is 12.5. The lowest BCUT2D eigenvalue weighted by molar-refractivity contribution is -0.184. The number of benzene rings is 2. The Morgan fingerprint density at radius 3 is 1.28 bits per heavy atom. The van der Waals surface area contributed by atoms with Gasteiger partial charge in [-0.2, -0.15) is 0 Å². The highest BCUT2D eigenvalue weighted by Crippen LogP contribution is 2.21. The number of hydrogen-bond donors (Lipinski definition) is 0. The molecule has 2 atom stereocenters. The number of carbonyl (C=O) groups is 4. The Kier molecular flexibility index (Phi) is 10.2. The topological polar surface area (TPSA) is 105 Å². The molecule has 0 aliphatic heterocycles. The molecule has 0 N–H and O–H groups in total. The SMILES string of the molecule is CCCOC(C(=O)OC(=O)C(=O)OC(=O)C(OCCC)c1ccccc1)c1ccccc1. The Morgan fingerprint density at radius 1 is 0.625 bits per heavy atom. The fraction of sp³-hybridized carbons (Fsp3) is 0.333. The van der Waals surface area contributed by atoms with Crippen molar-refractivity contribution in [3.05, 3.63) is 71.8 Å². The van der Waals surface area contributed by atoms with E-state index in [2.05, 4.69) is 9.47 Å². The fourth-order valence-corrected chi connectivity index (χ4v) is 2.70. The van der Waals surface area contributed by atoms with Crippen LogP contribution in [0.5, 0.6) is 0 Å². The second kappa shape index (κ2) is 13.1. The first kappa shape index (κ1) is 24.9. The number of ether oxygens (including phenoxy) is 4. The molecule has 2 aromatic carbocycles. The molecular formula is C24H26O8. The van der Waals surface area contributed by atoms with Gasteiger partial charge >= 0.3 is 23.9 Å². The maximum absolute atomic E-state index is 12.5. The van der Waals surface area contributed by atoms with Crippen molar-refractivity contribution < 1.29 is 38.1 Å². The first-order valence-electron chi connectivity index (χ1n) is 10.3. The summed E-state index contributed by atoms with van der Waals surface area (Å²) < 4.78 is 20.2. The monoisotopic (exact) mass is 442 g/mol. The van der Waals surface area contributed by atoms with Gasteiger partial charge in [0.2, 0.25) is 0 Å². The Labute approximate surface area is 186 Å². The summed E-state index contributed by atoms with van der Waals surface area (Å²) in [5.41, 5.74) is 0.917.